The molecule has 2 N–H and O–H groups in total. The highest BCUT2D eigenvalue weighted by atomic mass is 127. The fraction of sp³-hybridized carbons (Fsp3) is 0.909. The number of methoxy groups -OCH3 is 1. The van der Waals surface area contributed by atoms with Crippen LogP contribution in [0, 0.1) is 5.92 Å². The molecule has 0 aromatic rings. The summed E-state index contributed by atoms with van der Waals surface area (Å²) in [6.45, 7) is 16.2. The summed E-state index contributed by atoms with van der Waals surface area (Å²) >= 11 is 0. The first kappa shape index (κ1) is 32.4. The number of carbonyl (C=O) groups excluding carboxylic acids is 1. The maximum absolute atomic E-state index is 12.1. The monoisotopic (exact) mass is 558 g/mol. The number of halogens is 1. The molecule has 0 aliphatic heterocycles. The number of alkyl carbamates (subject to hydrolysis) is 1. The zero-order valence-corrected chi connectivity index (χ0v) is 23.3. The summed E-state index contributed by atoms with van der Waals surface area (Å²) in [7, 11) is 3.70. The number of hydrogen-bond acceptors (Lipinski definition) is 5. The average Bonchev–Trinajstić information content (AvgIpc) is 2.64. The van der Waals surface area contributed by atoms with Crippen molar-refractivity contribution in [1.82, 2.24) is 15.5 Å². The Kier molecular flexibility index (Phi) is 19.6. The van der Waals surface area contributed by atoms with E-state index in [1.165, 1.54) is 0 Å². The summed E-state index contributed by atoms with van der Waals surface area (Å²) in [6, 6.07) is 0.0365. The van der Waals surface area contributed by atoms with Crippen molar-refractivity contribution in [3.8, 4) is 0 Å². The Hall–Kier alpha value is -0.810. The molecule has 1 unspecified atom stereocenters. The molecule has 0 bridgehead atoms. The van der Waals surface area contributed by atoms with Crippen molar-refractivity contribution < 1.29 is 19.0 Å². The summed E-state index contributed by atoms with van der Waals surface area (Å²) in [5, 5.41) is 6.35. The smallest absolute Gasteiger partial charge is 0.407 e. The van der Waals surface area contributed by atoms with Crippen LogP contribution < -0.4 is 10.6 Å². The maximum Gasteiger partial charge on any atom is 0.407 e. The third kappa shape index (κ3) is 18.5. The van der Waals surface area contributed by atoms with Crippen LogP contribution in [-0.2, 0) is 14.2 Å². The van der Waals surface area contributed by atoms with Gasteiger partial charge in [-0.25, -0.2) is 4.79 Å². The largest absolute Gasteiger partial charge is 0.444 e. The van der Waals surface area contributed by atoms with Crippen molar-refractivity contribution in [1.29, 1.82) is 0 Å². The van der Waals surface area contributed by atoms with Crippen molar-refractivity contribution in [3.05, 3.63) is 0 Å². The van der Waals surface area contributed by atoms with Gasteiger partial charge in [0.25, 0.3) is 0 Å². The summed E-state index contributed by atoms with van der Waals surface area (Å²) in [4.78, 5) is 19.0. The number of hydrogen-bond donors (Lipinski definition) is 2. The van der Waals surface area contributed by atoms with Crippen molar-refractivity contribution >= 4 is 36.0 Å². The van der Waals surface area contributed by atoms with Crippen molar-refractivity contribution in [2.24, 2.45) is 10.9 Å². The molecule has 0 aromatic carbocycles. The number of amides is 1. The van der Waals surface area contributed by atoms with E-state index in [-0.39, 0.29) is 36.1 Å². The van der Waals surface area contributed by atoms with E-state index >= 15 is 0 Å². The Morgan fingerprint density at radius 2 is 1.81 bits per heavy atom. The minimum absolute atomic E-state index is 0. The molecule has 9 heteroatoms. The third-order valence-electron chi connectivity index (χ3n) is 4.37. The highest BCUT2D eigenvalue weighted by molar-refractivity contribution is 14.0. The minimum Gasteiger partial charge on any atom is -0.444 e. The minimum atomic E-state index is -0.498. The number of rotatable bonds is 14. The molecule has 0 aliphatic rings. The van der Waals surface area contributed by atoms with E-state index in [2.05, 4.69) is 36.3 Å². The van der Waals surface area contributed by atoms with Crippen LogP contribution in [0.3, 0.4) is 0 Å². The van der Waals surface area contributed by atoms with Gasteiger partial charge in [0.2, 0.25) is 0 Å². The van der Waals surface area contributed by atoms with Crippen molar-refractivity contribution in [3.63, 3.8) is 0 Å². The molecule has 0 aliphatic carbocycles. The molecule has 0 radical (unpaired) electrons. The number of guanidine groups is 1. The van der Waals surface area contributed by atoms with Crippen LogP contribution >= 0.6 is 24.0 Å². The number of nitrogens with zero attached hydrogens (tertiary/aromatic N) is 2. The summed E-state index contributed by atoms with van der Waals surface area (Å²) in [5.41, 5.74) is -0.498. The second kappa shape index (κ2) is 18.7. The highest BCUT2D eigenvalue weighted by Crippen LogP contribution is 2.11. The van der Waals surface area contributed by atoms with E-state index in [0.717, 1.165) is 51.5 Å². The predicted octanol–water partition coefficient (Wildman–Crippen LogP) is 3.88. The van der Waals surface area contributed by atoms with Gasteiger partial charge in [-0.1, -0.05) is 13.8 Å². The van der Waals surface area contributed by atoms with Crippen molar-refractivity contribution in [2.75, 3.05) is 53.6 Å². The van der Waals surface area contributed by atoms with Gasteiger partial charge in [-0.05, 0) is 52.9 Å². The zero-order valence-electron chi connectivity index (χ0n) is 21.0. The Labute approximate surface area is 207 Å². The fourth-order valence-electron chi connectivity index (χ4n) is 2.68. The topological polar surface area (TPSA) is 84.4 Å². The Morgan fingerprint density at radius 3 is 2.35 bits per heavy atom. The van der Waals surface area contributed by atoms with Gasteiger partial charge in [0.15, 0.2) is 5.96 Å². The highest BCUT2D eigenvalue weighted by Gasteiger charge is 2.22. The van der Waals surface area contributed by atoms with Gasteiger partial charge in [-0.15, -0.1) is 24.0 Å². The summed E-state index contributed by atoms with van der Waals surface area (Å²) in [6.07, 6.45) is 2.40. The molecule has 0 saturated carbocycles. The van der Waals surface area contributed by atoms with Crippen LogP contribution in [0.2, 0.25) is 0 Å². The lowest BCUT2D eigenvalue weighted by Gasteiger charge is -2.28. The number of nitrogens with one attached hydrogen (secondary N) is 2. The first-order chi connectivity index (χ1) is 14.1. The van der Waals surface area contributed by atoms with Crippen LogP contribution in [-0.4, -0.2) is 82.2 Å². The van der Waals surface area contributed by atoms with Crippen LogP contribution in [0.4, 0.5) is 4.79 Å². The van der Waals surface area contributed by atoms with Gasteiger partial charge in [0.1, 0.15) is 5.60 Å². The molecule has 0 heterocycles. The summed E-state index contributed by atoms with van der Waals surface area (Å²) < 4.78 is 15.8. The van der Waals surface area contributed by atoms with Crippen LogP contribution in [0.15, 0.2) is 4.99 Å². The number of carbonyl (C=O) groups is 1. The lowest BCUT2D eigenvalue weighted by atomic mass is 10.0. The second-order valence-electron chi connectivity index (χ2n) is 8.75. The van der Waals surface area contributed by atoms with Crippen LogP contribution in [0.25, 0.3) is 0 Å². The normalized spacial score (nSPS) is 12.9. The van der Waals surface area contributed by atoms with Gasteiger partial charge in [-0.2, -0.15) is 0 Å². The average molecular weight is 559 g/mol. The SMILES string of the molecule is CCNC(=NCCCCOCCOC)N(C)CCC(NC(=O)OC(C)(C)C)C(C)C.I. The standard InChI is InChI=1S/C22H46N4O4.HI/c1-9-23-20(24-13-10-11-15-29-17-16-28-8)26(7)14-12-19(18(2)3)25-21(27)30-22(4,5)6;/h18-19H,9-17H2,1-8H3,(H,23,24)(H,25,27);1H. The van der Waals surface area contributed by atoms with Crippen LogP contribution in [0.5, 0.6) is 0 Å². The molecular formula is C22H47IN4O4. The van der Waals surface area contributed by atoms with E-state index in [1.807, 2.05) is 27.8 Å². The molecule has 186 valence electrons. The molecule has 0 fully saturated rings. The van der Waals surface area contributed by atoms with Gasteiger partial charge in [0, 0.05) is 46.4 Å². The van der Waals surface area contributed by atoms with Gasteiger partial charge in [-0.3, -0.25) is 4.99 Å². The first-order valence-electron chi connectivity index (χ1n) is 11.2. The summed E-state index contributed by atoms with van der Waals surface area (Å²) in [5.74, 6) is 1.20. The van der Waals surface area contributed by atoms with E-state index in [1.54, 1.807) is 7.11 Å². The lowest BCUT2D eigenvalue weighted by molar-refractivity contribution is 0.0486. The second-order valence-corrected chi connectivity index (χ2v) is 8.75. The molecule has 31 heavy (non-hydrogen) atoms. The number of aliphatic imine (C=N–C) groups is 1. The molecule has 1 atom stereocenters. The molecule has 0 rings (SSSR count). The predicted molar refractivity (Wildman–Crippen MR) is 139 cm³/mol. The van der Waals surface area contributed by atoms with Crippen molar-refractivity contribution in [2.45, 2.75) is 72.4 Å². The van der Waals surface area contributed by atoms with Gasteiger partial charge >= 0.3 is 6.09 Å². The quantitative estimate of drug-likeness (QED) is 0.146. The maximum atomic E-state index is 12.1. The van der Waals surface area contributed by atoms with Gasteiger partial charge < -0.3 is 29.7 Å². The lowest BCUT2D eigenvalue weighted by Crippen LogP contribution is -2.45. The van der Waals surface area contributed by atoms with E-state index in [9.17, 15) is 4.79 Å². The van der Waals surface area contributed by atoms with Gasteiger partial charge in [0.05, 0.1) is 13.2 Å². The van der Waals surface area contributed by atoms with E-state index in [4.69, 9.17) is 19.2 Å². The molecule has 0 spiro atoms. The van der Waals surface area contributed by atoms with Crippen LogP contribution in [0.1, 0.15) is 60.8 Å². The number of unbranched alkanes of at least 4 members (excludes halogenated alkanes) is 1. The Bertz CT molecular complexity index is 485. The zero-order chi connectivity index (χ0) is 23.0. The van der Waals surface area contributed by atoms with E-state index < -0.39 is 5.60 Å². The third-order valence-corrected chi connectivity index (χ3v) is 4.37. The number of ether oxygens (including phenoxy) is 3. The van der Waals surface area contributed by atoms with E-state index in [0.29, 0.717) is 19.1 Å². The Morgan fingerprint density at radius 1 is 1.13 bits per heavy atom. The molecule has 0 saturated heterocycles. The molecule has 0 aromatic heterocycles. The fourth-order valence-corrected chi connectivity index (χ4v) is 2.68. The first-order valence-corrected chi connectivity index (χ1v) is 11.2. The molecular weight excluding hydrogens is 511 g/mol. The molecule has 8 nitrogen and oxygen atoms in total. The Balaban J connectivity index is 0. The molecule has 1 amide bonds.